The molecule has 10 aromatic rings. The molecule has 10 aromatic carbocycles. The van der Waals surface area contributed by atoms with Crippen molar-refractivity contribution in [3.63, 3.8) is 0 Å². The summed E-state index contributed by atoms with van der Waals surface area (Å²) in [4.78, 5) is 8.02. The second kappa shape index (κ2) is 28.4. The minimum Gasteiger partial charge on any atom is -0.311 e. The highest BCUT2D eigenvalue weighted by Gasteiger charge is 2.72. The maximum atomic E-state index is 16.3. The van der Waals surface area contributed by atoms with Gasteiger partial charge in [0, 0.05) is 68.2 Å². The van der Waals surface area contributed by atoms with Crippen LogP contribution in [0.2, 0.25) is 0 Å². The molecule has 0 unspecified atom stereocenters. The molecular formula is C81H82F6N4. The summed E-state index contributed by atoms with van der Waals surface area (Å²) >= 11 is 0. The van der Waals surface area contributed by atoms with Crippen molar-refractivity contribution in [2.75, 3.05) is 19.6 Å². The number of alkyl halides is 6. The number of nitrogens with zero attached hydrogens (tertiary/aromatic N) is 4. The molecule has 0 saturated carbocycles. The highest BCUT2D eigenvalue weighted by molar-refractivity contribution is 5.83. The Bertz CT molecular complexity index is 3730. The number of halogens is 6. The standard InChI is InChI=1S/C81H82F6N4/c1-7-11-59-78(6,60-12-8-2)62-35-43-70(44-36-62)91(76-55-51-74(52-56-76)89(67-29-21-15-22-30-67)68-31-23-16-24-32-68)72-47-39-64(40-48-72)79(80(82,83)84,81(85,86)87)63-37-45-71(46-38-63)90(69-41-33-61(34-42-69)77(5,57-9-3)58-10-4)75-53-49-73(50-54-75)88(65-25-17-13-18-26-65)66-27-19-14-20-28-66/h13-56H,7-12,57-60H2,1-6H3. The third-order valence-corrected chi connectivity index (χ3v) is 18.2. The summed E-state index contributed by atoms with van der Waals surface area (Å²) in [7, 11) is 0. The third kappa shape index (κ3) is 13.8. The molecule has 0 aromatic heterocycles. The molecule has 0 fully saturated rings. The molecule has 0 spiro atoms. The third-order valence-electron chi connectivity index (χ3n) is 18.2. The largest absolute Gasteiger partial charge is 0.411 e. The molecule has 0 atom stereocenters. The van der Waals surface area contributed by atoms with E-state index in [1.807, 2.05) is 204 Å². The Morgan fingerprint density at radius 3 is 0.615 bits per heavy atom. The lowest BCUT2D eigenvalue weighted by Gasteiger charge is -2.39. The minimum absolute atomic E-state index is 0.0816. The number of hydrogen-bond acceptors (Lipinski definition) is 4. The van der Waals surface area contributed by atoms with Gasteiger partial charge in [-0.1, -0.05) is 201 Å². The first-order chi connectivity index (χ1) is 44.0. The van der Waals surface area contributed by atoms with Crippen LogP contribution < -0.4 is 19.6 Å². The first kappa shape index (κ1) is 64.9. The molecule has 0 amide bonds. The monoisotopic (exact) mass is 1220 g/mol. The second-order valence-corrected chi connectivity index (χ2v) is 24.5. The lowest BCUT2D eigenvalue weighted by molar-refractivity contribution is -0.288. The highest BCUT2D eigenvalue weighted by Crippen LogP contribution is 2.57. The summed E-state index contributed by atoms with van der Waals surface area (Å²) in [5, 5.41) is 0. The Balaban J connectivity index is 1.06. The zero-order valence-electron chi connectivity index (χ0n) is 53.0. The van der Waals surface area contributed by atoms with E-state index in [1.54, 1.807) is 0 Å². The van der Waals surface area contributed by atoms with E-state index in [4.69, 9.17) is 0 Å². The maximum absolute atomic E-state index is 16.3. The number of anilines is 12. The van der Waals surface area contributed by atoms with Gasteiger partial charge in [0.1, 0.15) is 0 Å². The van der Waals surface area contributed by atoms with Gasteiger partial charge in [-0.05, 0) is 204 Å². The van der Waals surface area contributed by atoms with Crippen LogP contribution in [0.5, 0.6) is 0 Å². The van der Waals surface area contributed by atoms with Gasteiger partial charge < -0.3 is 19.6 Å². The van der Waals surface area contributed by atoms with Crippen LogP contribution >= 0.6 is 0 Å². The van der Waals surface area contributed by atoms with E-state index in [0.717, 1.165) is 128 Å². The van der Waals surface area contributed by atoms with E-state index in [-0.39, 0.29) is 10.8 Å². The van der Waals surface area contributed by atoms with Crippen molar-refractivity contribution in [1.29, 1.82) is 0 Å². The Morgan fingerprint density at radius 2 is 0.418 bits per heavy atom. The van der Waals surface area contributed by atoms with E-state index in [9.17, 15) is 0 Å². The Kier molecular flexibility index (Phi) is 20.3. The van der Waals surface area contributed by atoms with Gasteiger partial charge in [-0.3, -0.25) is 0 Å². The van der Waals surface area contributed by atoms with Gasteiger partial charge in [0.15, 0.2) is 0 Å². The average molecular weight is 1230 g/mol. The summed E-state index contributed by atoms with van der Waals surface area (Å²) in [5.41, 5.74) is 4.77. The van der Waals surface area contributed by atoms with Gasteiger partial charge >= 0.3 is 12.4 Å². The van der Waals surface area contributed by atoms with Crippen LogP contribution in [0.3, 0.4) is 0 Å². The van der Waals surface area contributed by atoms with Gasteiger partial charge in [-0.15, -0.1) is 0 Å². The van der Waals surface area contributed by atoms with Crippen molar-refractivity contribution in [3.8, 4) is 0 Å². The van der Waals surface area contributed by atoms with E-state index in [1.165, 1.54) is 29.8 Å². The van der Waals surface area contributed by atoms with E-state index >= 15 is 26.3 Å². The first-order valence-corrected chi connectivity index (χ1v) is 32.1. The van der Waals surface area contributed by atoms with Crippen molar-refractivity contribution < 1.29 is 26.3 Å². The van der Waals surface area contributed by atoms with Crippen LogP contribution in [0.15, 0.2) is 267 Å². The predicted octanol–water partition coefficient (Wildman–Crippen LogP) is 25.5. The zero-order valence-corrected chi connectivity index (χ0v) is 53.0. The smallest absolute Gasteiger partial charge is 0.311 e. The average Bonchev–Trinajstić information content (AvgIpc) is 0.733. The molecule has 10 heteroatoms. The van der Waals surface area contributed by atoms with Gasteiger partial charge in [0.2, 0.25) is 5.41 Å². The van der Waals surface area contributed by atoms with Gasteiger partial charge in [0.25, 0.3) is 0 Å². The normalized spacial score (nSPS) is 12.2. The Hall–Kier alpha value is -9.02. The number of para-hydroxylation sites is 4. The fraction of sp³-hybridized carbons (Fsp3) is 0.259. The molecule has 91 heavy (non-hydrogen) atoms. The summed E-state index contributed by atoms with van der Waals surface area (Å²) in [6, 6.07) is 81.4. The lowest BCUT2D eigenvalue weighted by Crippen LogP contribution is -2.54. The highest BCUT2D eigenvalue weighted by atomic mass is 19.4. The number of benzene rings is 10. The van der Waals surface area contributed by atoms with E-state index in [0.29, 0.717) is 34.1 Å². The molecule has 4 nitrogen and oxygen atoms in total. The van der Waals surface area contributed by atoms with Crippen LogP contribution in [0.25, 0.3) is 0 Å². The molecule has 0 heterocycles. The van der Waals surface area contributed by atoms with Crippen LogP contribution in [0.4, 0.5) is 94.6 Å². The van der Waals surface area contributed by atoms with Crippen LogP contribution in [0, 0.1) is 0 Å². The van der Waals surface area contributed by atoms with Crippen molar-refractivity contribution in [3.05, 3.63) is 289 Å². The molecule has 0 bridgehead atoms. The van der Waals surface area contributed by atoms with Crippen molar-refractivity contribution in [2.24, 2.45) is 0 Å². The topological polar surface area (TPSA) is 13.0 Å². The molecule has 0 N–H and O–H groups in total. The molecule has 0 saturated heterocycles. The molecule has 10 rings (SSSR count). The molecule has 0 aliphatic rings. The zero-order chi connectivity index (χ0) is 64.2. The summed E-state index contributed by atoms with van der Waals surface area (Å²) in [6.45, 7) is 13.3. The maximum Gasteiger partial charge on any atom is 0.411 e. The number of rotatable bonds is 26. The molecule has 0 aliphatic heterocycles. The number of hydrogen-bond donors (Lipinski definition) is 0. The van der Waals surface area contributed by atoms with Gasteiger partial charge in [-0.25, -0.2) is 0 Å². The fourth-order valence-electron chi connectivity index (χ4n) is 13.4. The van der Waals surface area contributed by atoms with Crippen molar-refractivity contribution >= 4 is 68.2 Å². The lowest BCUT2D eigenvalue weighted by atomic mass is 9.72. The van der Waals surface area contributed by atoms with Crippen molar-refractivity contribution in [1.82, 2.24) is 0 Å². The Morgan fingerprint density at radius 1 is 0.231 bits per heavy atom. The molecule has 0 aliphatic carbocycles. The SMILES string of the molecule is CCCCC(C)(CCCC)c1ccc(N(c2ccc(N(c3ccccc3)c3ccccc3)cc2)c2ccc(C(c3ccc(N(c4ccc(N(c5ccccc5)c5ccccc5)cc4)c4ccc(C(C)(CCC)CCC)cc4)cc3)(C(F)(F)F)C(F)(F)F)cc2)cc1. The molecular weight excluding hydrogens is 1140 g/mol. The summed E-state index contributed by atoms with van der Waals surface area (Å²) < 4.78 is 97.8. The van der Waals surface area contributed by atoms with Gasteiger partial charge in [0.05, 0.1) is 0 Å². The van der Waals surface area contributed by atoms with Gasteiger partial charge in [-0.2, -0.15) is 26.3 Å². The Labute approximate surface area is 535 Å². The van der Waals surface area contributed by atoms with Crippen molar-refractivity contribution in [2.45, 2.75) is 134 Å². The van der Waals surface area contributed by atoms with E-state index < -0.39 is 28.9 Å². The van der Waals surface area contributed by atoms with Crippen LogP contribution in [0.1, 0.15) is 128 Å². The number of unbranched alkanes of at least 4 members (excludes halogenated alkanes) is 2. The summed E-state index contributed by atoms with van der Waals surface area (Å²) in [5.74, 6) is 0. The van der Waals surface area contributed by atoms with E-state index in [2.05, 4.69) is 75.6 Å². The first-order valence-electron chi connectivity index (χ1n) is 32.1. The fourth-order valence-corrected chi connectivity index (χ4v) is 13.4. The molecule has 468 valence electrons. The second-order valence-electron chi connectivity index (χ2n) is 24.5. The summed E-state index contributed by atoms with van der Waals surface area (Å²) in [6.07, 6.45) is -1.40. The predicted molar refractivity (Wildman–Crippen MR) is 368 cm³/mol. The minimum atomic E-state index is -5.83. The quantitative estimate of drug-likeness (QED) is 0.0501. The van der Waals surface area contributed by atoms with Crippen LogP contribution in [-0.2, 0) is 16.2 Å². The molecule has 0 radical (unpaired) electrons. The van der Waals surface area contributed by atoms with Crippen LogP contribution in [-0.4, -0.2) is 12.4 Å².